The van der Waals surface area contributed by atoms with E-state index in [9.17, 15) is 8.60 Å². The van der Waals surface area contributed by atoms with Gasteiger partial charge in [-0.05, 0) is 40.9 Å². The molecule has 0 aliphatic carbocycles. The van der Waals surface area contributed by atoms with Crippen LogP contribution in [0.3, 0.4) is 0 Å². The zero-order valence-electron chi connectivity index (χ0n) is 10.0. The lowest BCUT2D eigenvalue weighted by molar-refractivity contribution is 0.531. The topological polar surface area (TPSA) is 29.1 Å². The second-order valence-corrected chi connectivity index (χ2v) is 6.41. The minimum atomic E-state index is -0.752. The van der Waals surface area contributed by atoms with Gasteiger partial charge < -0.3 is 5.32 Å². The second-order valence-electron chi connectivity index (χ2n) is 4.06. The van der Waals surface area contributed by atoms with E-state index in [1.165, 1.54) is 6.07 Å². The van der Waals surface area contributed by atoms with Crippen LogP contribution in [0.25, 0.3) is 0 Å². The van der Waals surface area contributed by atoms with Crippen molar-refractivity contribution in [3.8, 4) is 0 Å². The minimum absolute atomic E-state index is 0.244. The van der Waals surface area contributed by atoms with Crippen LogP contribution in [0.5, 0.6) is 0 Å². The molecule has 1 aromatic carbocycles. The van der Waals surface area contributed by atoms with Crippen molar-refractivity contribution >= 4 is 26.7 Å². The molecule has 0 fully saturated rings. The molecule has 0 amide bonds. The molecule has 0 saturated heterocycles. The van der Waals surface area contributed by atoms with E-state index in [-0.39, 0.29) is 11.9 Å². The molecule has 0 radical (unpaired) electrons. The summed E-state index contributed by atoms with van der Waals surface area (Å²) in [5, 5.41) is 3.29. The van der Waals surface area contributed by atoms with E-state index in [1.54, 1.807) is 12.3 Å². The normalized spacial score (nSPS) is 14.6. The van der Waals surface area contributed by atoms with Gasteiger partial charge in [-0.2, -0.15) is 0 Å². The first-order chi connectivity index (χ1) is 8.00. The molecule has 0 spiro atoms. The molecule has 1 N–H and O–H groups in total. The van der Waals surface area contributed by atoms with E-state index < -0.39 is 10.8 Å². The van der Waals surface area contributed by atoms with E-state index in [0.717, 1.165) is 12.0 Å². The SMILES string of the molecule is CC(CCS(C)=O)NCc1cccc(F)c1Br. The highest BCUT2D eigenvalue weighted by Gasteiger charge is 2.07. The van der Waals surface area contributed by atoms with Gasteiger partial charge in [0.25, 0.3) is 0 Å². The van der Waals surface area contributed by atoms with Crippen LogP contribution >= 0.6 is 15.9 Å². The molecule has 1 rings (SSSR count). The highest BCUT2D eigenvalue weighted by atomic mass is 79.9. The number of nitrogens with one attached hydrogen (secondary N) is 1. The van der Waals surface area contributed by atoms with Crippen molar-refractivity contribution in [2.45, 2.75) is 25.9 Å². The van der Waals surface area contributed by atoms with Gasteiger partial charge in [0.1, 0.15) is 5.82 Å². The van der Waals surface area contributed by atoms with Gasteiger partial charge in [-0.25, -0.2) is 4.39 Å². The fraction of sp³-hybridized carbons (Fsp3) is 0.500. The molecule has 96 valence electrons. The molecule has 1 aromatic rings. The van der Waals surface area contributed by atoms with Crippen molar-refractivity contribution in [3.05, 3.63) is 34.1 Å². The summed E-state index contributed by atoms with van der Waals surface area (Å²) in [6.45, 7) is 2.65. The maximum absolute atomic E-state index is 13.2. The predicted molar refractivity (Wildman–Crippen MR) is 74.0 cm³/mol. The van der Waals surface area contributed by atoms with E-state index in [1.807, 2.05) is 13.0 Å². The third-order valence-corrected chi connectivity index (χ3v) is 4.21. The Balaban J connectivity index is 2.44. The smallest absolute Gasteiger partial charge is 0.137 e. The zero-order valence-corrected chi connectivity index (χ0v) is 12.4. The van der Waals surface area contributed by atoms with Crippen LogP contribution in [0, 0.1) is 5.82 Å². The fourth-order valence-electron chi connectivity index (χ4n) is 1.41. The van der Waals surface area contributed by atoms with Gasteiger partial charge in [0.2, 0.25) is 0 Å². The molecule has 0 aliphatic rings. The van der Waals surface area contributed by atoms with Crippen LogP contribution in [0.1, 0.15) is 18.9 Å². The van der Waals surface area contributed by atoms with Gasteiger partial charge in [-0.15, -0.1) is 0 Å². The molecular weight excluding hydrogens is 305 g/mol. The summed E-state index contributed by atoms with van der Waals surface area (Å²) in [5.41, 5.74) is 0.898. The Kier molecular flexibility index (Phi) is 6.30. The van der Waals surface area contributed by atoms with Crippen molar-refractivity contribution in [1.82, 2.24) is 5.32 Å². The van der Waals surface area contributed by atoms with Crippen LogP contribution in [0.15, 0.2) is 22.7 Å². The summed E-state index contributed by atoms with van der Waals surface area (Å²) in [5.74, 6) is 0.449. The van der Waals surface area contributed by atoms with Crippen molar-refractivity contribution in [1.29, 1.82) is 0 Å². The lowest BCUT2D eigenvalue weighted by Crippen LogP contribution is -2.27. The van der Waals surface area contributed by atoms with E-state index in [4.69, 9.17) is 0 Å². The van der Waals surface area contributed by atoms with Crippen molar-refractivity contribution in [2.75, 3.05) is 12.0 Å². The van der Waals surface area contributed by atoms with Gasteiger partial charge in [0.15, 0.2) is 0 Å². The van der Waals surface area contributed by atoms with E-state index in [0.29, 0.717) is 16.8 Å². The van der Waals surface area contributed by atoms with Crippen molar-refractivity contribution < 1.29 is 8.60 Å². The molecule has 5 heteroatoms. The quantitative estimate of drug-likeness (QED) is 0.873. The molecule has 0 heterocycles. The lowest BCUT2D eigenvalue weighted by Gasteiger charge is -2.14. The molecule has 2 atom stereocenters. The standard InChI is InChI=1S/C12H17BrFNOS/c1-9(6-7-17(2)16)15-8-10-4-3-5-11(14)12(10)13/h3-5,9,15H,6-8H2,1-2H3. The van der Waals surface area contributed by atoms with Gasteiger partial charge >= 0.3 is 0 Å². The molecule has 0 bridgehead atoms. The number of benzene rings is 1. The Hall–Kier alpha value is -0.260. The van der Waals surface area contributed by atoms with Gasteiger partial charge in [0.05, 0.1) is 4.47 Å². The third-order valence-electron chi connectivity index (χ3n) is 2.51. The first-order valence-corrected chi connectivity index (χ1v) is 7.99. The minimum Gasteiger partial charge on any atom is -0.310 e. The largest absolute Gasteiger partial charge is 0.310 e. The van der Waals surface area contributed by atoms with E-state index in [2.05, 4.69) is 21.2 Å². The Morgan fingerprint density at radius 3 is 2.88 bits per heavy atom. The highest BCUT2D eigenvalue weighted by Crippen LogP contribution is 2.20. The number of hydrogen-bond acceptors (Lipinski definition) is 2. The average Bonchev–Trinajstić information content (AvgIpc) is 2.28. The number of rotatable bonds is 6. The van der Waals surface area contributed by atoms with Crippen LogP contribution < -0.4 is 5.32 Å². The zero-order chi connectivity index (χ0) is 12.8. The Morgan fingerprint density at radius 2 is 2.24 bits per heavy atom. The molecule has 17 heavy (non-hydrogen) atoms. The molecule has 0 aliphatic heterocycles. The average molecular weight is 322 g/mol. The van der Waals surface area contributed by atoms with Gasteiger partial charge in [-0.1, -0.05) is 12.1 Å². The molecule has 0 aromatic heterocycles. The molecule has 2 nitrogen and oxygen atoms in total. The van der Waals surface area contributed by atoms with Crippen LogP contribution in [0.4, 0.5) is 4.39 Å². The summed E-state index contributed by atoms with van der Waals surface area (Å²) in [4.78, 5) is 0. The van der Waals surface area contributed by atoms with Crippen molar-refractivity contribution in [2.24, 2.45) is 0 Å². The van der Waals surface area contributed by atoms with Crippen LogP contribution in [-0.4, -0.2) is 22.3 Å². The summed E-state index contributed by atoms with van der Waals surface area (Å²) in [7, 11) is -0.752. The monoisotopic (exact) mass is 321 g/mol. The second kappa shape index (κ2) is 7.24. The van der Waals surface area contributed by atoms with Gasteiger partial charge in [-0.3, -0.25) is 4.21 Å². The maximum Gasteiger partial charge on any atom is 0.137 e. The Labute approximate surface area is 113 Å². The lowest BCUT2D eigenvalue weighted by atomic mass is 10.2. The fourth-order valence-corrected chi connectivity index (χ4v) is 2.50. The molecular formula is C12H17BrFNOS. The Bertz CT molecular complexity index is 400. The summed E-state index contributed by atoms with van der Waals surface area (Å²) < 4.78 is 24.7. The third kappa shape index (κ3) is 5.27. The van der Waals surface area contributed by atoms with E-state index >= 15 is 0 Å². The molecule has 2 unspecified atom stereocenters. The first-order valence-electron chi connectivity index (χ1n) is 5.47. The molecule has 0 saturated carbocycles. The Morgan fingerprint density at radius 1 is 1.53 bits per heavy atom. The predicted octanol–water partition coefficient (Wildman–Crippen LogP) is 2.83. The summed E-state index contributed by atoms with van der Waals surface area (Å²) in [6.07, 6.45) is 2.56. The first kappa shape index (κ1) is 14.8. The number of hydrogen-bond donors (Lipinski definition) is 1. The van der Waals surface area contributed by atoms with Crippen molar-refractivity contribution in [3.63, 3.8) is 0 Å². The van der Waals surface area contributed by atoms with Gasteiger partial charge in [0, 0.05) is 35.4 Å². The summed E-state index contributed by atoms with van der Waals surface area (Å²) >= 11 is 3.23. The number of halogens is 2. The summed E-state index contributed by atoms with van der Waals surface area (Å²) in [6, 6.07) is 5.28. The van der Waals surface area contributed by atoms with Crippen LogP contribution in [0.2, 0.25) is 0 Å². The highest BCUT2D eigenvalue weighted by molar-refractivity contribution is 9.10. The maximum atomic E-state index is 13.2. The van der Waals surface area contributed by atoms with Crippen LogP contribution in [-0.2, 0) is 17.3 Å².